The molecule has 1 aliphatic rings. The normalized spacial score (nSPS) is 16.4. The lowest BCUT2D eigenvalue weighted by atomic mass is 9.85. The van der Waals surface area contributed by atoms with Crippen LogP contribution in [-0.2, 0) is 0 Å². The second-order valence-corrected chi connectivity index (χ2v) is 6.53. The summed E-state index contributed by atoms with van der Waals surface area (Å²) in [5, 5.41) is 3.86. The van der Waals surface area contributed by atoms with Gasteiger partial charge in [-0.2, -0.15) is 0 Å². The number of rotatable bonds is 1. The minimum Gasteiger partial charge on any atom is -0.256 e. The van der Waals surface area contributed by atoms with Crippen molar-refractivity contribution in [2.75, 3.05) is 0 Å². The monoisotopic (exact) mass is 307 g/mol. The van der Waals surface area contributed by atoms with Gasteiger partial charge in [0.1, 0.15) is 0 Å². The SMILES string of the molecule is CC1=Cc2ccc3ccccc3c2C1c1cccc2cccnc12. The molecule has 0 bridgehead atoms. The van der Waals surface area contributed by atoms with E-state index < -0.39 is 0 Å². The fourth-order valence-electron chi connectivity index (χ4n) is 4.08. The van der Waals surface area contributed by atoms with Crippen LogP contribution in [0.5, 0.6) is 0 Å². The molecule has 1 atom stereocenters. The molecule has 3 aromatic carbocycles. The van der Waals surface area contributed by atoms with Crippen LogP contribution in [0.4, 0.5) is 0 Å². The van der Waals surface area contributed by atoms with Crippen molar-refractivity contribution in [1.82, 2.24) is 4.98 Å². The fourth-order valence-corrected chi connectivity index (χ4v) is 4.08. The zero-order valence-electron chi connectivity index (χ0n) is 13.5. The average molecular weight is 307 g/mol. The van der Waals surface area contributed by atoms with Crippen molar-refractivity contribution in [3.63, 3.8) is 0 Å². The molecule has 1 nitrogen and oxygen atoms in total. The largest absolute Gasteiger partial charge is 0.256 e. The Labute approximate surface area is 141 Å². The minimum atomic E-state index is 0.282. The molecule has 24 heavy (non-hydrogen) atoms. The van der Waals surface area contributed by atoms with Gasteiger partial charge in [0.2, 0.25) is 0 Å². The number of fused-ring (bicyclic) bond motifs is 4. The summed E-state index contributed by atoms with van der Waals surface area (Å²) in [6.45, 7) is 2.24. The van der Waals surface area contributed by atoms with Crippen molar-refractivity contribution in [2.45, 2.75) is 12.8 Å². The summed E-state index contributed by atoms with van der Waals surface area (Å²) in [6.07, 6.45) is 4.22. The van der Waals surface area contributed by atoms with E-state index in [1.807, 2.05) is 12.3 Å². The molecule has 0 amide bonds. The van der Waals surface area contributed by atoms with E-state index in [2.05, 4.69) is 78.6 Å². The van der Waals surface area contributed by atoms with Crippen LogP contribution in [0.15, 0.2) is 78.5 Å². The topological polar surface area (TPSA) is 12.9 Å². The van der Waals surface area contributed by atoms with Gasteiger partial charge in [-0.15, -0.1) is 0 Å². The van der Waals surface area contributed by atoms with Crippen molar-refractivity contribution < 1.29 is 0 Å². The Kier molecular flexibility index (Phi) is 2.83. The quantitative estimate of drug-likeness (QED) is 0.424. The van der Waals surface area contributed by atoms with Gasteiger partial charge in [-0.05, 0) is 40.5 Å². The maximum absolute atomic E-state index is 4.69. The predicted molar refractivity (Wildman–Crippen MR) is 101 cm³/mol. The van der Waals surface area contributed by atoms with Crippen molar-refractivity contribution >= 4 is 27.8 Å². The molecular formula is C23H17N. The van der Waals surface area contributed by atoms with Crippen LogP contribution >= 0.6 is 0 Å². The Morgan fingerprint density at radius 2 is 1.62 bits per heavy atom. The highest BCUT2D eigenvalue weighted by Gasteiger charge is 2.27. The molecule has 0 saturated carbocycles. The highest BCUT2D eigenvalue weighted by atomic mass is 14.7. The summed E-state index contributed by atoms with van der Waals surface area (Å²) < 4.78 is 0. The number of hydrogen-bond donors (Lipinski definition) is 0. The molecule has 1 unspecified atom stereocenters. The van der Waals surface area contributed by atoms with Gasteiger partial charge in [-0.3, -0.25) is 4.98 Å². The molecule has 0 N–H and O–H groups in total. The smallest absolute Gasteiger partial charge is 0.0743 e. The second kappa shape index (κ2) is 5.04. The Bertz CT molecular complexity index is 1120. The van der Waals surface area contributed by atoms with Crippen LogP contribution in [0.1, 0.15) is 29.5 Å². The minimum absolute atomic E-state index is 0.282. The van der Waals surface area contributed by atoms with Gasteiger partial charge in [0, 0.05) is 17.5 Å². The summed E-state index contributed by atoms with van der Waals surface area (Å²) in [5.74, 6) is 0.282. The standard InChI is InChI=1S/C23H17N/c1-15-14-18-12-11-16-6-2-3-9-19(16)22(18)21(15)20-10-4-7-17-8-5-13-24-23(17)20/h2-14,21H,1H3. The van der Waals surface area contributed by atoms with Crippen LogP contribution in [0.3, 0.4) is 0 Å². The lowest BCUT2D eigenvalue weighted by molar-refractivity contribution is 0.993. The molecule has 0 fully saturated rings. The van der Waals surface area contributed by atoms with Gasteiger partial charge in [-0.25, -0.2) is 0 Å². The first-order chi connectivity index (χ1) is 11.8. The summed E-state index contributed by atoms with van der Waals surface area (Å²) >= 11 is 0. The third-order valence-electron chi connectivity index (χ3n) is 5.11. The summed E-state index contributed by atoms with van der Waals surface area (Å²) in [7, 11) is 0. The van der Waals surface area contributed by atoms with Gasteiger partial charge in [0.05, 0.1) is 5.52 Å². The second-order valence-electron chi connectivity index (χ2n) is 6.53. The van der Waals surface area contributed by atoms with Crippen molar-refractivity contribution in [1.29, 1.82) is 0 Å². The van der Waals surface area contributed by atoms with E-state index in [-0.39, 0.29) is 5.92 Å². The first kappa shape index (κ1) is 13.5. The Morgan fingerprint density at radius 1 is 0.792 bits per heavy atom. The van der Waals surface area contributed by atoms with Crippen LogP contribution in [-0.4, -0.2) is 4.98 Å². The van der Waals surface area contributed by atoms with Crippen LogP contribution in [0.25, 0.3) is 27.8 Å². The summed E-state index contributed by atoms with van der Waals surface area (Å²) in [6, 6.07) is 23.8. The maximum atomic E-state index is 4.69. The van der Waals surface area contributed by atoms with E-state index in [1.54, 1.807) is 0 Å². The first-order valence-corrected chi connectivity index (χ1v) is 8.36. The lowest BCUT2D eigenvalue weighted by Crippen LogP contribution is -2.02. The Morgan fingerprint density at radius 3 is 2.58 bits per heavy atom. The van der Waals surface area contributed by atoms with Gasteiger partial charge in [-0.1, -0.05) is 72.3 Å². The fraction of sp³-hybridized carbons (Fsp3) is 0.0870. The number of nitrogens with zero attached hydrogens (tertiary/aromatic N) is 1. The van der Waals surface area contributed by atoms with Crippen LogP contribution in [0, 0.1) is 0 Å². The third kappa shape index (κ3) is 1.85. The van der Waals surface area contributed by atoms with E-state index in [0.717, 1.165) is 5.52 Å². The summed E-state index contributed by atoms with van der Waals surface area (Å²) in [4.78, 5) is 4.69. The predicted octanol–water partition coefficient (Wildman–Crippen LogP) is 5.94. The molecule has 1 aliphatic carbocycles. The van der Waals surface area contributed by atoms with E-state index in [9.17, 15) is 0 Å². The summed E-state index contributed by atoms with van der Waals surface area (Å²) in [5.41, 5.74) is 6.56. The zero-order chi connectivity index (χ0) is 16.1. The highest BCUT2D eigenvalue weighted by molar-refractivity contribution is 5.94. The van der Waals surface area contributed by atoms with Gasteiger partial charge >= 0.3 is 0 Å². The van der Waals surface area contributed by atoms with Gasteiger partial charge in [0.25, 0.3) is 0 Å². The van der Waals surface area contributed by atoms with E-state index in [1.165, 1.54) is 38.4 Å². The number of para-hydroxylation sites is 1. The molecule has 0 radical (unpaired) electrons. The van der Waals surface area contributed by atoms with Crippen molar-refractivity contribution in [2.24, 2.45) is 0 Å². The molecule has 1 heterocycles. The van der Waals surface area contributed by atoms with Gasteiger partial charge < -0.3 is 0 Å². The Hall–Kier alpha value is -2.93. The molecule has 1 aromatic heterocycles. The van der Waals surface area contributed by atoms with Crippen molar-refractivity contribution in [3.05, 3.63) is 95.2 Å². The molecule has 4 aromatic rings. The Balaban J connectivity index is 1.85. The van der Waals surface area contributed by atoms with E-state index in [0.29, 0.717) is 0 Å². The molecule has 0 spiro atoms. The molecular weight excluding hydrogens is 290 g/mol. The molecule has 0 aliphatic heterocycles. The molecule has 0 saturated heterocycles. The van der Waals surface area contributed by atoms with Crippen molar-refractivity contribution in [3.8, 4) is 0 Å². The maximum Gasteiger partial charge on any atom is 0.0743 e. The number of benzene rings is 3. The average Bonchev–Trinajstić information content (AvgIpc) is 2.97. The highest BCUT2D eigenvalue weighted by Crippen LogP contribution is 2.45. The molecule has 5 rings (SSSR count). The third-order valence-corrected chi connectivity index (χ3v) is 5.11. The van der Waals surface area contributed by atoms with Gasteiger partial charge in [0.15, 0.2) is 0 Å². The number of pyridine rings is 1. The zero-order valence-corrected chi connectivity index (χ0v) is 13.5. The van der Waals surface area contributed by atoms with E-state index in [4.69, 9.17) is 0 Å². The number of hydrogen-bond acceptors (Lipinski definition) is 1. The van der Waals surface area contributed by atoms with Crippen LogP contribution < -0.4 is 0 Å². The van der Waals surface area contributed by atoms with Crippen LogP contribution in [0.2, 0.25) is 0 Å². The molecule has 114 valence electrons. The van der Waals surface area contributed by atoms with E-state index >= 15 is 0 Å². The first-order valence-electron chi connectivity index (χ1n) is 8.36. The number of aromatic nitrogens is 1. The molecule has 1 heteroatoms. The lowest BCUT2D eigenvalue weighted by Gasteiger charge is -2.19. The number of allylic oxidation sites excluding steroid dienone is 1.